The number of aliphatic hydroxyl groups is 1. The van der Waals surface area contributed by atoms with Crippen LogP contribution in [-0.2, 0) is 6.42 Å². The van der Waals surface area contributed by atoms with Crippen molar-refractivity contribution in [1.29, 1.82) is 0 Å². The number of aliphatic hydroxyl groups excluding tert-OH is 1. The quantitative estimate of drug-likeness (QED) is 0.651. The third-order valence-corrected chi connectivity index (χ3v) is 3.11. The van der Waals surface area contributed by atoms with Gasteiger partial charge >= 0.3 is 0 Å². The number of H-pyrrole nitrogens is 1. The van der Waals surface area contributed by atoms with Gasteiger partial charge in [-0.15, -0.1) is 0 Å². The summed E-state index contributed by atoms with van der Waals surface area (Å²) >= 11 is 0. The van der Waals surface area contributed by atoms with Crippen molar-refractivity contribution in [3.8, 4) is 0 Å². The standard InChI is InChI=1S/C14H15N5O/c20-7-11(6-10-4-2-1-3-5-10)19-14-12-13(16-8-15-12)17-9-18-14/h1-5,8-9,11,20H,6-7H2,(H2,15,16,17,18,19)/t11-/m0/s1. The summed E-state index contributed by atoms with van der Waals surface area (Å²) in [4.78, 5) is 15.4. The molecule has 0 saturated heterocycles. The van der Waals surface area contributed by atoms with E-state index in [1.165, 1.54) is 6.33 Å². The molecule has 0 aliphatic carbocycles. The van der Waals surface area contributed by atoms with E-state index in [1.807, 2.05) is 30.3 Å². The number of rotatable bonds is 5. The highest BCUT2D eigenvalue weighted by molar-refractivity contribution is 5.82. The van der Waals surface area contributed by atoms with Crippen molar-refractivity contribution in [2.75, 3.05) is 11.9 Å². The van der Waals surface area contributed by atoms with E-state index in [0.29, 0.717) is 11.5 Å². The van der Waals surface area contributed by atoms with Crippen molar-refractivity contribution in [3.05, 3.63) is 48.5 Å². The Labute approximate surface area is 115 Å². The normalized spacial score (nSPS) is 12.4. The zero-order chi connectivity index (χ0) is 13.8. The molecule has 0 fully saturated rings. The van der Waals surface area contributed by atoms with Crippen LogP contribution in [0.5, 0.6) is 0 Å². The first-order chi connectivity index (χ1) is 9.86. The Kier molecular flexibility index (Phi) is 3.56. The van der Waals surface area contributed by atoms with Crippen LogP contribution in [0, 0.1) is 0 Å². The van der Waals surface area contributed by atoms with Crippen LogP contribution in [-0.4, -0.2) is 37.7 Å². The lowest BCUT2D eigenvalue weighted by atomic mass is 10.1. The molecule has 20 heavy (non-hydrogen) atoms. The van der Waals surface area contributed by atoms with Gasteiger partial charge in [-0.2, -0.15) is 0 Å². The second-order valence-electron chi connectivity index (χ2n) is 4.54. The minimum absolute atomic E-state index is 0.0223. The summed E-state index contributed by atoms with van der Waals surface area (Å²) in [6, 6.07) is 9.91. The highest BCUT2D eigenvalue weighted by Crippen LogP contribution is 2.16. The molecule has 1 aromatic carbocycles. The lowest BCUT2D eigenvalue weighted by Gasteiger charge is -2.17. The zero-order valence-corrected chi connectivity index (χ0v) is 10.8. The van der Waals surface area contributed by atoms with Crippen LogP contribution < -0.4 is 5.32 Å². The Balaban J connectivity index is 1.79. The number of imidazole rings is 1. The van der Waals surface area contributed by atoms with E-state index in [-0.39, 0.29) is 12.6 Å². The van der Waals surface area contributed by atoms with Crippen LogP contribution in [0.25, 0.3) is 11.2 Å². The van der Waals surface area contributed by atoms with Crippen LogP contribution in [0.3, 0.4) is 0 Å². The Hall–Kier alpha value is -2.47. The lowest BCUT2D eigenvalue weighted by molar-refractivity contribution is 0.273. The van der Waals surface area contributed by atoms with E-state index in [2.05, 4.69) is 25.3 Å². The van der Waals surface area contributed by atoms with Gasteiger partial charge in [0.25, 0.3) is 0 Å². The Morgan fingerprint density at radius 1 is 1.15 bits per heavy atom. The number of benzene rings is 1. The molecule has 3 aromatic rings. The lowest BCUT2D eigenvalue weighted by Crippen LogP contribution is -2.27. The summed E-state index contributed by atoms with van der Waals surface area (Å²) in [7, 11) is 0. The number of anilines is 1. The largest absolute Gasteiger partial charge is 0.394 e. The second kappa shape index (κ2) is 5.66. The van der Waals surface area contributed by atoms with Gasteiger partial charge in [0.2, 0.25) is 0 Å². The molecule has 0 radical (unpaired) electrons. The van der Waals surface area contributed by atoms with Crippen LogP contribution >= 0.6 is 0 Å². The molecular formula is C14H15N5O. The molecule has 0 bridgehead atoms. The van der Waals surface area contributed by atoms with E-state index in [1.54, 1.807) is 6.33 Å². The second-order valence-corrected chi connectivity index (χ2v) is 4.54. The average Bonchev–Trinajstić information content (AvgIpc) is 2.97. The molecule has 1 atom stereocenters. The fraction of sp³-hybridized carbons (Fsp3) is 0.214. The summed E-state index contributed by atoms with van der Waals surface area (Å²) in [5.74, 6) is 0.655. The van der Waals surface area contributed by atoms with Gasteiger partial charge in [-0.25, -0.2) is 15.0 Å². The Bertz CT molecular complexity index is 682. The van der Waals surface area contributed by atoms with E-state index in [4.69, 9.17) is 0 Å². The van der Waals surface area contributed by atoms with Crippen LogP contribution in [0.1, 0.15) is 5.56 Å². The highest BCUT2D eigenvalue weighted by atomic mass is 16.3. The monoisotopic (exact) mass is 269 g/mol. The number of fused-ring (bicyclic) bond motifs is 1. The SMILES string of the molecule is OC[C@H](Cc1ccccc1)Nc1ncnc2nc[nH]c12. The van der Waals surface area contributed by atoms with Crippen molar-refractivity contribution in [3.63, 3.8) is 0 Å². The first-order valence-electron chi connectivity index (χ1n) is 6.42. The molecule has 0 amide bonds. The summed E-state index contributed by atoms with van der Waals surface area (Å²) in [6.07, 6.45) is 3.76. The smallest absolute Gasteiger partial charge is 0.182 e. The molecule has 6 nitrogen and oxygen atoms in total. The van der Waals surface area contributed by atoms with Gasteiger partial charge < -0.3 is 15.4 Å². The molecule has 2 heterocycles. The predicted octanol–water partition coefficient (Wildman–Crippen LogP) is 1.37. The number of hydrogen-bond donors (Lipinski definition) is 3. The topological polar surface area (TPSA) is 86.7 Å². The van der Waals surface area contributed by atoms with E-state index in [9.17, 15) is 5.11 Å². The van der Waals surface area contributed by atoms with Gasteiger partial charge in [-0.3, -0.25) is 0 Å². The van der Waals surface area contributed by atoms with Crippen LogP contribution in [0.2, 0.25) is 0 Å². The fourth-order valence-electron chi connectivity index (χ4n) is 2.13. The van der Waals surface area contributed by atoms with E-state index in [0.717, 1.165) is 17.5 Å². The molecule has 0 saturated carbocycles. The van der Waals surface area contributed by atoms with Crippen molar-refractivity contribution >= 4 is 17.0 Å². The third-order valence-electron chi connectivity index (χ3n) is 3.11. The maximum absolute atomic E-state index is 9.54. The number of aromatic nitrogens is 4. The minimum Gasteiger partial charge on any atom is -0.394 e. The molecule has 2 aromatic heterocycles. The van der Waals surface area contributed by atoms with Gasteiger partial charge in [-0.1, -0.05) is 30.3 Å². The molecule has 0 unspecified atom stereocenters. The molecule has 0 aliphatic rings. The minimum atomic E-state index is -0.112. The van der Waals surface area contributed by atoms with Crippen molar-refractivity contribution in [1.82, 2.24) is 19.9 Å². The number of nitrogens with one attached hydrogen (secondary N) is 2. The molecule has 3 rings (SSSR count). The Morgan fingerprint density at radius 2 is 2.00 bits per heavy atom. The number of hydrogen-bond acceptors (Lipinski definition) is 5. The van der Waals surface area contributed by atoms with Gasteiger partial charge in [0.05, 0.1) is 19.0 Å². The summed E-state index contributed by atoms with van der Waals surface area (Å²) in [5.41, 5.74) is 2.52. The molecule has 0 aliphatic heterocycles. The average molecular weight is 269 g/mol. The van der Waals surface area contributed by atoms with Crippen molar-refractivity contribution in [2.24, 2.45) is 0 Å². The zero-order valence-electron chi connectivity index (χ0n) is 10.8. The maximum atomic E-state index is 9.54. The van der Waals surface area contributed by atoms with Gasteiger partial charge in [-0.05, 0) is 12.0 Å². The number of nitrogens with zero attached hydrogens (tertiary/aromatic N) is 3. The van der Waals surface area contributed by atoms with Gasteiger partial charge in [0, 0.05) is 0 Å². The van der Waals surface area contributed by atoms with Crippen LogP contribution in [0.4, 0.5) is 5.82 Å². The first kappa shape index (κ1) is 12.6. The molecule has 6 heteroatoms. The number of aromatic amines is 1. The van der Waals surface area contributed by atoms with E-state index >= 15 is 0 Å². The third kappa shape index (κ3) is 2.60. The molecule has 102 valence electrons. The van der Waals surface area contributed by atoms with E-state index < -0.39 is 0 Å². The summed E-state index contributed by atoms with van der Waals surface area (Å²) < 4.78 is 0. The molecular weight excluding hydrogens is 254 g/mol. The summed E-state index contributed by atoms with van der Waals surface area (Å²) in [6.45, 7) is 0.0223. The predicted molar refractivity (Wildman–Crippen MR) is 76.3 cm³/mol. The molecule has 0 spiro atoms. The fourth-order valence-corrected chi connectivity index (χ4v) is 2.13. The van der Waals surface area contributed by atoms with Crippen molar-refractivity contribution < 1.29 is 5.11 Å². The van der Waals surface area contributed by atoms with Crippen LogP contribution in [0.15, 0.2) is 43.0 Å². The Morgan fingerprint density at radius 3 is 2.80 bits per heavy atom. The first-order valence-corrected chi connectivity index (χ1v) is 6.42. The molecule has 3 N–H and O–H groups in total. The van der Waals surface area contributed by atoms with Gasteiger partial charge in [0.1, 0.15) is 11.8 Å². The maximum Gasteiger partial charge on any atom is 0.182 e. The highest BCUT2D eigenvalue weighted by Gasteiger charge is 2.12. The summed E-state index contributed by atoms with van der Waals surface area (Å²) in [5, 5.41) is 12.8. The van der Waals surface area contributed by atoms with Crippen molar-refractivity contribution in [2.45, 2.75) is 12.5 Å². The van der Waals surface area contributed by atoms with Gasteiger partial charge in [0.15, 0.2) is 11.5 Å².